The van der Waals surface area contributed by atoms with Crippen molar-refractivity contribution in [3.05, 3.63) is 0 Å². The lowest BCUT2D eigenvalue weighted by Crippen LogP contribution is -2.36. The third-order valence-corrected chi connectivity index (χ3v) is 4.06. The van der Waals surface area contributed by atoms with Crippen LogP contribution in [0.4, 0.5) is 0 Å². The van der Waals surface area contributed by atoms with Gasteiger partial charge in [0.15, 0.2) is 0 Å². The molecule has 1 aliphatic rings. The highest BCUT2D eigenvalue weighted by atomic mass is 16.5. The van der Waals surface area contributed by atoms with Gasteiger partial charge in [0.05, 0.1) is 6.61 Å². The Bertz CT molecular complexity index is 259. The molecule has 19 heavy (non-hydrogen) atoms. The fourth-order valence-electron chi connectivity index (χ4n) is 2.94. The van der Waals surface area contributed by atoms with Crippen LogP contribution in [0.1, 0.15) is 52.4 Å². The Morgan fingerprint density at radius 1 is 1.37 bits per heavy atom. The van der Waals surface area contributed by atoms with Crippen LogP contribution in [0.25, 0.3) is 0 Å². The average Bonchev–Trinajstić information content (AvgIpc) is 2.39. The van der Waals surface area contributed by atoms with Gasteiger partial charge < -0.3 is 15.8 Å². The van der Waals surface area contributed by atoms with E-state index in [9.17, 15) is 4.79 Å². The van der Waals surface area contributed by atoms with Crippen LogP contribution in [0.2, 0.25) is 0 Å². The summed E-state index contributed by atoms with van der Waals surface area (Å²) in [6.07, 6.45) is 7.06. The molecule has 0 radical (unpaired) electrons. The zero-order valence-electron chi connectivity index (χ0n) is 12.5. The molecule has 0 aromatic rings. The van der Waals surface area contributed by atoms with E-state index >= 15 is 0 Å². The van der Waals surface area contributed by atoms with E-state index in [4.69, 9.17) is 10.5 Å². The van der Waals surface area contributed by atoms with E-state index in [1.165, 1.54) is 25.7 Å². The third kappa shape index (κ3) is 6.39. The molecule has 1 saturated carbocycles. The van der Waals surface area contributed by atoms with E-state index in [1.807, 2.05) is 6.92 Å². The van der Waals surface area contributed by atoms with Gasteiger partial charge in [-0.05, 0) is 44.6 Å². The molecule has 0 saturated heterocycles. The predicted molar refractivity (Wildman–Crippen MR) is 77.8 cm³/mol. The summed E-state index contributed by atoms with van der Waals surface area (Å²) in [7, 11) is 0. The van der Waals surface area contributed by atoms with Crippen molar-refractivity contribution in [1.82, 2.24) is 5.32 Å². The molecule has 1 rings (SSSR count). The summed E-state index contributed by atoms with van der Waals surface area (Å²) in [5.41, 5.74) is 5.79. The molecule has 112 valence electrons. The Kier molecular flexibility index (Phi) is 8.07. The molecule has 1 aliphatic carbocycles. The molecule has 3 unspecified atom stereocenters. The number of ether oxygens (including phenoxy) is 1. The van der Waals surface area contributed by atoms with Gasteiger partial charge in [0, 0.05) is 6.04 Å². The van der Waals surface area contributed by atoms with Gasteiger partial charge in [0.2, 0.25) is 5.91 Å². The van der Waals surface area contributed by atoms with E-state index in [2.05, 4.69) is 12.2 Å². The minimum atomic E-state index is 0.000980. The van der Waals surface area contributed by atoms with Crippen LogP contribution in [0.5, 0.6) is 0 Å². The predicted octanol–water partition coefficient (Wildman–Crippen LogP) is 2.07. The van der Waals surface area contributed by atoms with Crippen molar-refractivity contribution in [3.8, 4) is 0 Å². The fourth-order valence-corrected chi connectivity index (χ4v) is 2.94. The Morgan fingerprint density at radius 2 is 2.05 bits per heavy atom. The highest BCUT2D eigenvalue weighted by molar-refractivity contribution is 5.77. The van der Waals surface area contributed by atoms with Crippen LogP contribution < -0.4 is 11.1 Å². The first-order chi connectivity index (χ1) is 9.17. The number of carbonyl (C=O) groups excluding carboxylic acids is 1. The first-order valence-corrected chi connectivity index (χ1v) is 7.74. The van der Waals surface area contributed by atoms with Crippen LogP contribution in [0.15, 0.2) is 0 Å². The van der Waals surface area contributed by atoms with Gasteiger partial charge in [-0.3, -0.25) is 4.79 Å². The maximum Gasteiger partial charge on any atom is 0.246 e. The Balaban J connectivity index is 2.16. The zero-order chi connectivity index (χ0) is 14.1. The average molecular weight is 270 g/mol. The summed E-state index contributed by atoms with van der Waals surface area (Å²) >= 11 is 0. The molecule has 0 bridgehead atoms. The first kappa shape index (κ1) is 16.4. The van der Waals surface area contributed by atoms with Gasteiger partial charge in [-0.1, -0.05) is 26.2 Å². The number of carbonyl (C=O) groups is 1. The maximum absolute atomic E-state index is 11.7. The van der Waals surface area contributed by atoms with Crippen molar-refractivity contribution >= 4 is 5.91 Å². The molecule has 0 aromatic carbocycles. The maximum atomic E-state index is 11.7. The SMILES string of the molecule is CCCC(C)NC(=O)COCC1CCCCC1CN. The second kappa shape index (κ2) is 9.32. The molecule has 3 atom stereocenters. The molecule has 0 spiro atoms. The number of hydrogen-bond acceptors (Lipinski definition) is 3. The van der Waals surface area contributed by atoms with Crippen LogP contribution in [-0.4, -0.2) is 31.7 Å². The van der Waals surface area contributed by atoms with Crippen molar-refractivity contribution in [2.45, 2.75) is 58.4 Å². The first-order valence-electron chi connectivity index (χ1n) is 7.74. The van der Waals surface area contributed by atoms with Crippen molar-refractivity contribution in [2.24, 2.45) is 17.6 Å². The molecule has 3 N–H and O–H groups in total. The molecule has 4 nitrogen and oxygen atoms in total. The summed E-state index contributed by atoms with van der Waals surface area (Å²) in [6, 6.07) is 0.243. The van der Waals surface area contributed by atoms with E-state index < -0.39 is 0 Å². The summed E-state index contributed by atoms with van der Waals surface area (Å²) in [4.78, 5) is 11.7. The standard InChI is InChI=1S/C15H30N2O2/c1-3-6-12(2)17-15(18)11-19-10-14-8-5-4-7-13(14)9-16/h12-14H,3-11,16H2,1-2H3,(H,17,18). The third-order valence-electron chi connectivity index (χ3n) is 4.06. The molecular weight excluding hydrogens is 240 g/mol. The Morgan fingerprint density at radius 3 is 2.68 bits per heavy atom. The van der Waals surface area contributed by atoms with E-state index in [0.29, 0.717) is 18.4 Å². The van der Waals surface area contributed by atoms with Crippen molar-refractivity contribution < 1.29 is 9.53 Å². The fraction of sp³-hybridized carbons (Fsp3) is 0.933. The van der Waals surface area contributed by atoms with Crippen LogP contribution in [0, 0.1) is 11.8 Å². The largest absolute Gasteiger partial charge is 0.371 e. The lowest BCUT2D eigenvalue weighted by atomic mass is 9.80. The van der Waals surface area contributed by atoms with Crippen molar-refractivity contribution in [1.29, 1.82) is 0 Å². The van der Waals surface area contributed by atoms with Gasteiger partial charge >= 0.3 is 0 Å². The zero-order valence-corrected chi connectivity index (χ0v) is 12.5. The number of rotatable bonds is 8. The van der Waals surface area contributed by atoms with Gasteiger partial charge in [-0.15, -0.1) is 0 Å². The molecule has 0 aromatic heterocycles. The van der Waals surface area contributed by atoms with E-state index in [1.54, 1.807) is 0 Å². The molecular formula is C15H30N2O2. The molecule has 4 heteroatoms. The van der Waals surface area contributed by atoms with Crippen molar-refractivity contribution in [3.63, 3.8) is 0 Å². The highest BCUT2D eigenvalue weighted by Crippen LogP contribution is 2.29. The molecule has 0 aliphatic heterocycles. The number of nitrogens with one attached hydrogen (secondary N) is 1. The lowest BCUT2D eigenvalue weighted by molar-refractivity contribution is -0.127. The minimum Gasteiger partial charge on any atom is -0.371 e. The highest BCUT2D eigenvalue weighted by Gasteiger charge is 2.24. The van der Waals surface area contributed by atoms with E-state index in [0.717, 1.165) is 19.4 Å². The summed E-state index contributed by atoms with van der Waals surface area (Å²) in [6.45, 7) is 5.76. The second-order valence-electron chi connectivity index (χ2n) is 5.81. The summed E-state index contributed by atoms with van der Waals surface area (Å²) < 4.78 is 5.58. The van der Waals surface area contributed by atoms with Gasteiger partial charge in [-0.25, -0.2) is 0 Å². The number of hydrogen-bond donors (Lipinski definition) is 2. The van der Waals surface area contributed by atoms with Gasteiger partial charge in [0.1, 0.15) is 6.61 Å². The molecule has 1 amide bonds. The van der Waals surface area contributed by atoms with E-state index in [-0.39, 0.29) is 18.6 Å². The molecule has 1 fully saturated rings. The van der Waals surface area contributed by atoms with Gasteiger partial charge in [0.25, 0.3) is 0 Å². The Hall–Kier alpha value is -0.610. The normalized spacial score (nSPS) is 25.0. The van der Waals surface area contributed by atoms with Crippen LogP contribution in [-0.2, 0) is 9.53 Å². The lowest BCUT2D eigenvalue weighted by Gasteiger charge is -2.30. The van der Waals surface area contributed by atoms with Crippen LogP contribution in [0.3, 0.4) is 0 Å². The Labute approximate surface area is 117 Å². The minimum absolute atomic E-state index is 0.000980. The van der Waals surface area contributed by atoms with Gasteiger partial charge in [-0.2, -0.15) is 0 Å². The monoisotopic (exact) mass is 270 g/mol. The quantitative estimate of drug-likeness (QED) is 0.709. The topological polar surface area (TPSA) is 64.3 Å². The summed E-state index contributed by atoms with van der Waals surface area (Å²) in [5, 5.41) is 2.96. The summed E-state index contributed by atoms with van der Waals surface area (Å²) in [5.74, 6) is 1.12. The second-order valence-corrected chi connectivity index (χ2v) is 5.81. The number of amides is 1. The van der Waals surface area contributed by atoms with Crippen LogP contribution >= 0.6 is 0 Å². The molecule has 0 heterocycles. The smallest absolute Gasteiger partial charge is 0.246 e. The number of nitrogens with two attached hydrogens (primary N) is 1. The van der Waals surface area contributed by atoms with Crippen molar-refractivity contribution in [2.75, 3.05) is 19.8 Å².